The van der Waals surface area contributed by atoms with Gasteiger partial charge in [-0.25, -0.2) is 14.4 Å². The van der Waals surface area contributed by atoms with Crippen molar-refractivity contribution in [1.82, 2.24) is 9.97 Å². The average molecular weight is 397 g/mol. The zero-order valence-corrected chi connectivity index (χ0v) is 15.5. The van der Waals surface area contributed by atoms with E-state index < -0.39 is 0 Å². The van der Waals surface area contributed by atoms with Gasteiger partial charge < -0.3 is 14.8 Å². The Balaban J connectivity index is 1.37. The molecule has 2 heterocycles. The number of benzene rings is 2. The number of aromatic nitrogens is 2. The van der Waals surface area contributed by atoms with Crippen LogP contribution in [0, 0.1) is 5.82 Å². The third-order valence-electron chi connectivity index (χ3n) is 3.93. The van der Waals surface area contributed by atoms with E-state index in [0.29, 0.717) is 41.3 Å². The summed E-state index contributed by atoms with van der Waals surface area (Å²) < 4.78 is 24.0. The number of carbonyl (C=O) groups is 1. The molecule has 0 aliphatic carbocycles. The summed E-state index contributed by atoms with van der Waals surface area (Å²) in [5.41, 5.74) is 2.09. The molecule has 2 aromatic carbocycles. The van der Waals surface area contributed by atoms with E-state index in [0.717, 1.165) is 5.56 Å². The molecule has 1 amide bonds. The first-order chi connectivity index (χ1) is 13.7. The SMILES string of the molecule is O=C(CSc1nccc(-c2ccc(F)cc2)n1)Nc1ccc2c(c1)OCCO2. The van der Waals surface area contributed by atoms with Crippen LogP contribution in [0.4, 0.5) is 10.1 Å². The van der Waals surface area contributed by atoms with Gasteiger partial charge in [-0.2, -0.15) is 0 Å². The quantitative estimate of drug-likeness (QED) is 0.522. The highest BCUT2D eigenvalue weighted by Crippen LogP contribution is 2.32. The van der Waals surface area contributed by atoms with E-state index in [9.17, 15) is 9.18 Å². The summed E-state index contributed by atoms with van der Waals surface area (Å²) in [6.45, 7) is 1.01. The fourth-order valence-corrected chi connectivity index (χ4v) is 3.27. The smallest absolute Gasteiger partial charge is 0.234 e. The Morgan fingerprint density at radius 2 is 1.86 bits per heavy atom. The number of thioether (sulfide) groups is 1. The number of carbonyl (C=O) groups excluding carboxylic acids is 1. The molecule has 1 aliphatic rings. The zero-order valence-electron chi connectivity index (χ0n) is 14.7. The number of nitrogens with zero attached hydrogens (tertiary/aromatic N) is 2. The fourth-order valence-electron chi connectivity index (χ4n) is 2.64. The van der Waals surface area contributed by atoms with Crippen molar-refractivity contribution in [3.05, 3.63) is 60.5 Å². The Morgan fingerprint density at radius 1 is 1.07 bits per heavy atom. The summed E-state index contributed by atoms with van der Waals surface area (Å²) >= 11 is 1.22. The van der Waals surface area contributed by atoms with Crippen molar-refractivity contribution in [1.29, 1.82) is 0 Å². The highest BCUT2D eigenvalue weighted by atomic mass is 32.2. The lowest BCUT2D eigenvalue weighted by Crippen LogP contribution is -2.17. The molecule has 142 valence electrons. The van der Waals surface area contributed by atoms with E-state index in [2.05, 4.69) is 15.3 Å². The van der Waals surface area contributed by atoms with Gasteiger partial charge in [-0.05, 0) is 42.5 Å². The Morgan fingerprint density at radius 3 is 2.68 bits per heavy atom. The number of hydrogen-bond donors (Lipinski definition) is 1. The van der Waals surface area contributed by atoms with Crippen LogP contribution < -0.4 is 14.8 Å². The Hall–Kier alpha value is -3.13. The van der Waals surface area contributed by atoms with Gasteiger partial charge in [-0.1, -0.05) is 11.8 Å². The predicted molar refractivity (Wildman–Crippen MR) is 104 cm³/mol. The van der Waals surface area contributed by atoms with Crippen LogP contribution in [0.25, 0.3) is 11.3 Å². The molecule has 1 aliphatic heterocycles. The third kappa shape index (κ3) is 4.40. The zero-order chi connectivity index (χ0) is 19.3. The maximum Gasteiger partial charge on any atom is 0.234 e. The second kappa shape index (κ2) is 8.26. The van der Waals surface area contributed by atoms with Gasteiger partial charge >= 0.3 is 0 Å². The summed E-state index contributed by atoms with van der Waals surface area (Å²) in [7, 11) is 0. The maximum atomic E-state index is 13.1. The Bertz CT molecular complexity index is 998. The van der Waals surface area contributed by atoms with Gasteiger partial charge in [-0.15, -0.1) is 0 Å². The van der Waals surface area contributed by atoms with Crippen molar-refractivity contribution in [2.75, 3.05) is 24.3 Å². The van der Waals surface area contributed by atoms with Crippen LogP contribution in [0.1, 0.15) is 0 Å². The van der Waals surface area contributed by atoms with E-state index in [4.69, 9.17) is 9.47 Å². The molecule has 0 radical (unpaired) electrons. The van der Waals surface area contributed by atoms with Gasteiger partial charge in [0.1, 0.15) is 19.0 Å². The predicted octanol–water partition coefficient (Wildman–Crippen LogP) is 3.78. The molecule has 1 N–H and O–H groups in total. The van der Waals surface area contributed by atoms with Crippen molar-refractivity contribution < 1.29 is 18.7 Å². The van der Waals surface area contributed by atoms with E-state index in [-0.39, 0.29) is 17.5 Å². The maximum absolute atomic E-state index is 13.1. The highest BCUT2D eigenvalue weighted by Gasteiger charge is 2.13. The largest absolute Gasteiger partial charge is 0.486 e. The van der Waals surface area contributed by atoms with Gasteiger partial charge in [0, 0.05) is 23.5 Å². The molecule has 6 nitrogen and oxygen atoms in total. The van der Waals surface area contributed by atoms with Crippen LogP contribution in [0.15, 0.2) is 59.9 Å². The number of fused-ring (bicyclic) bond motifs is 1. The van der Waals surface area contributed by atoms with Gasteiger partial charge in [0.25, 0.3) is 0 Å². The lowest BCUT2D eigenvalue weighted by Gasteiger charge is -2.18. The van der Waals surface area contributed by atoms with Crippen molar-refractivity contribution in [2.45, 2.75) is 5.16 Å². The molecule has 0 spiro atoms. The van der Waals surface area contributed by atoms with Crippen molar-refractivity contribution >= 4 is 23.4 Å². The standard InChI is InChI=1S/C20H16FN3O3S/c21-14-3-1-13(2-4-14)16-7-8-22-20(24-16)28-12-19(25)23-15-5-6-17-18(11-15)27-10-9-26-17/h1-8,11H,9-10,12H2,(H,23,25). The van der Waals surface area contributed by atoms with Crippen molar-refractivity contribution in [2.24, 2.45) is 0 Å². The molecule has 28 heavy (non-hydrogen) atoms. The van der Waals surface area contributed by atoms with Crippen LogP contribution in [0.2, 0.25) is 0 Å². The molecule has 0 unspecified atom stereocenters. The lowest BCUT2D eigenvalue weighted by atomic mass is 10.1. The normalized spacial score (nSPS) is 12.5. The molecule has 8 heteroatoms. The Labute approximate surface area is 165 Å². The average Bonchev–Trinajstić information content (AvgIpc) is 2.73. The minimum absolute atomic E-state index is 0.154. The first-order valence-electron chi connectivity index (χ1n) is 8.59. The molecule has 1 aromatic heterocycles. The van der Waals surface area contributed by atoms with Crippen LogP contribution in [0.5, 0.6) is 11.5 Å². The van der Waals surface area contributed by atoms with Crippen molar-refractivity contribution in [3.8, 4) is 22.8 Å². The third-order valence-corrected chi connectivity index (χ3v) is 4.79. The van der Waals surface area contributed by atoms with E-state index in [1.807, 2.05) is 0 Å². The minimum atomic E-state index is -0.303. The van der Waals surface area contributed by atoms with Crippen LogP contribution in [0.3, 0.4) is 0 Å². The summed E-state index contributed by atoms with van der Waals surface area (Å²) in [6, 6.07) is 13.1. The number of rotatable bonds is 5. The lowest BCUT2D eigenvalue weighted by molar-refractivity contribution is -0.113. The van der Waals surface area contributed by atoms with E-state index in [1.54, 1.807) is 42.6 Å². The van der Waals surface area contributed by atoms with Gasteiger partial charge in [0.05, 0.1) is 11.4 Å². The molecular formula is C20H16FN3O3S. The van der Waals surface area contributed by atoms with Gasteiger partial charge in [0.2, 0.25) is 5.91 Å². The number of halogens is 1. The fraction of sp³-hybridized carbons (Fsp3) is 0.150. The molecule has 0 atom stereocenters. The number of amides is 1. The summed E-state index contributed by atoms with van der Waals surface area (Å²) in [5.74, 6) is 0.957. The molecule has 0 bridgehead atoms. The second-order valence-corrected chi connectivity index (χ2v) is 6.87. The molecular weight excluding hydrogens is 381 g/mol. The number of ether oxygens (including phenoxy) is 2. The number of anilines is 1. The topological polar surface area (TPSA) is 73.3 Å². The van der Waals surface area contributed by atoms with Crippen LogP contribution in [-0.4, -0.2) is 34.8 Å². The molecule has 4 rings (SSSR count). The molecule has 3 aromatic rings. The Kier molecular flexibility index (Phi) is 5.38. The highest BCUT2D eigenvalue weighted by molar-refractivity contribution is 7.99. The van der Waals surface area contributed by atoms with E-state index >= 15 is 0 Å². The van der Waals surface area contributed by atoms with Crippen LogP contribution >= 0.6 is 11.8 Å². The molecule has 0 fully saturated rings. The summed E-state index contributed by atoms with van der Waals surface area (Å²) in [4.78, 5) is 20.8. The summed E-state index contributed by atoms with van der Waals surface area (Å²) in [5, 5.41) is 3.29. The number of hydrogen-bond acceptors (Lipinski definition) is 6. The number of nitrogens with one attached hydrogen (secondary N) is 1. The van der Waals surface area contributed by atoms with Gasteiger partial charge in [0.15, 0.2) is 16.7 Å². The first kappa shape index (κ1) is 18.2. The molecule has 0 saturated carbocycles. The first-order valence-corrected chi connectivity index (χ1v) is 9.57. The molecule has 0 saturated heterocycles. The van der Waals surface area contributed by atoms with Crippen LogP contribution in [-0.2, 0) is 4.79 Å². The van der Waals surface area contributed by atoms with E-state index in [1.165, 1.54) is 23.9 Å². The van der Waals surface area contributed by atoms with Gasteiger partial charge in [-0.3, -0.25) is 4.79 Å². The van der Waals surface area contributed by atoms with Crippen molar-refractivity contribution in [3.63, 3.8) is 0 Å². The summed E-state index contributed by atoms with van der Waals surface area (Å²) in [6.07, 6.45) is 1.62. The minimum Gasteiger partial charge on any atom is -0.486 e. The monoisotopic (exact) mass is 397 g/mol. The second-order valence-electron chi connectivity index (χ2n) is 5.93.